The van der Waals surface area contributed by atoms with E-state index in [4.69, 9.17) is 4.74 Å². The van der Waals surface area contributed by atoms with Gasteiger partial charge in [-0.3, -0.25) is 9.52 Å². The molecule has 1 aliphatic carbocycles. The van der Waals surface area contributed by atoms with Crippen LogP contribution in [0.3, 0.4) is 0 Å². The minimum absolute atomic E-state index is 0.124. The Hall–Kier alpha value is -2.80. The average Bonchev–Trinajstić information content (AvgIpc) is 3.07. The third-order valence-electron chi connectivity index (χ3n) is 5.27. The van der Waals surface area contributed by atoms with Crippen LogP contribution in [0.2, 0.25) is 0 Å². The van der Waals surface area contributed by atoms with Gasteiger partial charge >= 0.3 is 0 Å². The standard InChI is InChI=1S/C22H24N2O4S/c1-3-14-12-15-18(23-17-9-7-10-19(25)22(15)17)13-21(14)29(26,27)24-16-8-5-6-11-20(16)28-4-2/h5-6,8,11-13,23-24H,3-4,7,9-10H2,1-2H3. The molecule has 1 heterocycles. The second-order valence-corrected chi connectivity index (χ2v) is 8.80. The molecule has 0 unspecified atom stereocenters. The van der Waals surface area contributed by atoms with Crippen molar-refractivity contribution in [3.05, 3.63) is 53.2 Å². The maximum Gasteiger partial charge on any atom is 0.262 e. The number of carbonyl (C=O) groups is 1. The first-order valence-corrected chi connectivity index (χ1v) is 11.4. The van der Waals surface area contributed by atoms with Crippen LogP contribution in [0.25, 0.3) is 10.9 Å². The molecule has 3 aromatic rings. The highest BCUT2D eigenvalue weighted by molar-refractivity contribution is 7.92. The molecular weight excluding hydrogens is 388 g/mol. The highest BCUT2D eigenvalue weighted by atomic mass is 32.2. The van der Waals surface area contributed by atoms with Crippen molar-refractivity contribution in [1.82, 2.24) is 4.98 Å². The van der Waals surface area contributed by atoms with Gasteiger partial charge in [-0.1, -0.05) is 19.1 Å². The van der Waals surface area contributed by atoms with Crippen LogP contribution < -0.4 is 9.46 Å². The van der Waals surface area contributed by atoms with Crippen LogP contribution in [0.1, 0.15) is 48.3 Å². The molecule has 4 rings (SSSR count). The van der Waals surface area contributed by atoms with Crippen LogP contribution in [0.4, 0.5) is 5.69 Å². The third-order valence-corrected chi connectivity index (χ3v) is 6.72. The lowest BCUT2D eigenvalue weighted by atomic mass is 9.94. The van der Waals surface area contributed by atoms with Crippen LogP contribution in [0, 0.1) is 0 Å². The number of fused-ring (bicyclic) bond motifs is 3. The zero-order valence-electron chi connectivity index (χ0n) is 16.5. The van der Waals surface area contributed by atoms with Crippen molar-refractivity contribution in [2.75, 3.05) is 11.3 Å². The Morgan fingerprint density at radius 2 is 1.93 bits per heavy atom. The number of ketones is 1. The zero-order chi connectivity index (χ0) is 20.6. The average molecular weight is 413 g/mol. The highest BCUT2D eigenvalue weighted by Gasteiger charge is 2.26. The molecular formula is C22H24N2O4S. The summed E-state index contributed by atoms with van der Waals surface area (Å²) in [7, 11) is -3.84. The van der Waals surface area contributed by atoms with Gasteiger partial charge in [-0.05, 0) is 56.0 Å². The summed E-state index contributed by atoms with van der Waals surface area (Å²) >= 11 is 0. The molecule has 0 atom stereocenters. The van der Waals surface area contributed by atoms with E-state index in [-0.39, 0.29) is 10.7 Å². The third kappa shape index (κ3) is 3.51. The van der Waals surface area contributed by atoms with Crippen molar-refractivity contribution in [3.63, 3.8) is 0 Å². The predicted octanol–water partition coefficient (Wildman–Crippen LogP) is 4.45. The van der Waals surface area contributed by atoms with Crippen molar-refractivity contribution in [2.45, 2.75) is 44.4 Å². The van der Waals surface area contributed by atoms with Crippen LogP contribution >= 0.6 is 0 Å². The maximum atomic E-state index is 13.2. The molecule has 0 saturated carbocycles. The van der Waals surface area contributed by atoms with Crippen LogP contribution in [0.5, 0.6) is 5.75 Å². The summed E-state index contributed by atoms with van der Waals surface area (Å²) in [6.07, 6.45) is 2.70. The number of aryl methyl sites for hydroxylation is 2. The summed E-state index contributed by atoms with van der Waals surface area (Å²) in [5.41, 5.74) is 3.39. The molecule has 0 aliphatic heterocycles. The first-order valence-electron chi connectivity index (χ1n) is 9.90. The Morgan fingerprint density at radius 1 is 1.14 bits per heavy atom. The number of hydrogen-bond acceptors (Lipinski definition) is 4. The topological polar surface area (TPSA) is 88.3 Å². The fourth-order valence-corrected chi connectivity index (χ4v) is 5.33. The van der Waals surface area contributed by atoms with E-state index in [1.165, 1.54) is 0 Å². The predicted molar refractivity (Wildman–Crippen MR) is 113 cm³/mol. The summed E-state index contributed by atoms with van der Waals surface area (Å²) in [5, 5.41) is 0.815. The van der Waals surface area contributed by atoms with E-state index < -0.39 is 10.0 Å². The lowest BCUT2D eigenvalue weighted by Gasteiger charge is -2.15. The first-order chi connectivity index (χ1) is 13.9. The fraction of sp³-hybridized carbons (Fsp3) is 0.318. The van der Waals surface area contributed by atoms with E-state index in [0.717, 1.165) is 29.5 Å². The number of ether oxygens (including phenoxy) is 1. The van der Waals surface area contributed by atoms with Crippen molar-refractivity contribution in [2.24, 2.45) is 0 Å². The smallest absolute Gasteiger partial charge is 0.262 e. The minimum Gasteiger partial charge on any atom is -0.492 e. The number of nitrogens with one attached hydrogen (secondary N) is 2. The van der Waals surface area contributed by atoms with E-state index in [9.17, 15) is 13.2 Å². The number of carbonyl (C=O) groups excluding carboxylic acids is 1. The van der Waals surface area contributed by atoms with E-state index >= 15 is 0 Å². The number of aromatic amines is 1. The molecule has 0 radical (unpaired) electrons. The number of benzene rings is 2. The van der Waals surface area contributed by atoms with E-state index in [2.05, 4.69) is 9.71 Å². The fourth-order valence-electron chi connectivity index (χ4n) is 3.94. The van der Waals surface area contributed by atoms with Gasteiger partial charge in [-0.15, -0.1) is 0 Å². The quantitative estimate of drug-likeness (QED) is 0.626. The normalized spacial score (nSPS) is 14.1. The minimum atomic E-state index is -3.84. The Balaban J connectivity index is 1.81. The molecule has 0 spiro atoms. The van der Waals surface area contributed by atoms with Gasteiger partial charge in [0, 0.05) is 28.6 Å². The van der Waals surface area contributed by atoms with Crippen molar-refractivity contribution in [1.29, 1.82) is 0 Å². The first kappa shape index (κ1) is 19.5. The number of Topliss-reactive ketones (excluding diaryl/α,β-unsaturated/α-hetero) is 1. The van der Waals surface area contributed by atoms with Gasteiger partial charge in [0.1, 0.15) is 5.75 Å². The van der Waals surface area contributed by atoms with E-state index in [0.29, 0.717) is 42.0 Å². The molecule has 2 N–H and O–H groups in total. The van der Waals surface area contributed by atoms with Gasteiger partial charge < -0.3 is 9.72 Å². The number of para-hydroxylation sites is 2. The molecule has 0 amide bonds. The Bertz CT molecular complexity index is 1190. The van der Waals surface area contributed by atoms with Crippen LogP contribution in [-0.2, 0) is 22.9 Å². The van der Waals surface area contributed by atoms with Gasteiger partial charge in [0.05, 0.1) is 17.2 Å². The summed E-state index contributed by atoms with van der Waals surface area (Å²) in [4.78, 5) is 15.9. The number of aromatic nitrogens is 1. The summed E-state index contributed by atoms with van der Waals surface area (Å²) < 4.78 is 34.7. The Morgan fingerprint density at radius 3 is 2.69 bits per heavy atom. The monoisotopic (exact) mass is 412 g/mol. The van der Waals surface area contributed by atoms with Crippen molar-refractivity contribution >= 4 is 32.4 Å². The number of rotatable bonds is 6. The second kappa shape index (κ2) is 7.55. The summed E-state index contributed by atoms with van der Waals surface area (Å²) in [6, 6.07) is 10.5. The largest absolute Gasteiger partial charge is 0.492 e. The molecule has 2 aromatic carbocycles. The van der Waals surface area contributed by atoms with Gasteiger partial charge in [0.25, 0.3) is 10.0 Å². The number of hydrogen-bond donors (Lipinski definition) is 2. The molecule has 152 valence electrons. The van der Waals surface area contributed by atoms with Crippen molar-refractivity contribution < 1.29 is 17.9 Å². The van der Waals surface area contributed by atoms with Crippen LogP contribution in [-0.4, -0.2) is 25.8 Å². The molecule has 0 bridgehead atoms. The maximum absolute atomic E-state index is 13.2. The molecule has 1 aliphatic rings. The summed E-state index contributed by atoms with van der Waals surface area (Å²) in [5.74, 6) is 0.609. The van der Waals surface area contributed by atoms with E-state index in [1.807, 2.05) is 19.9 Å². The van der Waals surface area contributed by atoms with Gasteiger partial charge in [0.15, 0.2) is 5.78 Å². The molecule has 29 heavy (non-hydrogen) atoms. The number of sulfonamides is 1. The van der Waals surface area contributed by atoms with E-state index in [1.54, 1.807) is 30.3 Å². The molecule has 0 saturated heterocycles. The van der Waals surface area contributed by atoms with Crippen LogP contribution in [0.15, 0.2) is 41.3 Å². The Labute approximate surface area is 170 Å². The zero-order valence-corrected chi connectivity index (χ0v) is 17.4. The lowest BCUT2D eigenvalue weighted by Crippen LogP contribution is -2.16. The molecule has 6 nitrogen and oxygen atoms in total. The van der Waals surface area contributed by atoms with Gasteiger partial charge in [0.2, 0.25) is 0 Å². The number of anilines is 1. The van der Waals surface area contributed by atoms with Crippen molar-refractivity contribution in [3.8, 4) is 5.75 Å². The van der Waals surface area contributed by atoms with Gasteiger partial charge in [-0.25, -0.2) is 8.42 Å². The number of H-pyrrole nitrogens is 1. The molecule has 0 fully saturated rings. The summed E-state index contributed by atoms with van der Waals surface area (Å²) in [6.45, 7) is 4.20. The highest BCUT2D eigenvalue weighted by Crippen LogP contribution is 2.34. The SMILES string of the molecule is CCOc1ccccc1NS(=O)(=O)c1cc2[nH]c3c(c2cc1CC)C(=O)CCC3. The molecule has 1 aromatic heterocycles. The lowest BCUT2D eigenvalue weighted by molar-refractivity contribution is 0.0974. The second-order valence-electron chi connectivity index (χ2n) is 7.15. The Kier molecular flexibility index (Phi) is 5.08. The van der Waals surface area contributed by atoms with Gasteiger partial charge in [-0.2, -0.15) is 0 Å². The molecule has 7 heteroatoms.